The number of hydrogen-bond donors (Lipinski definition) is 0. The summed E-state index contributed by atoms with van der Waals surface area (Å²) in [5.74, 6) is 3.59. The van der Waals surface area contributed by atoms with Crippen molar-refractivity contribution in [3.63, 3.8) is 0 Å². The minimum absolute atomic E-state index is 0.0301. The summed E-state index contributed by atoms with van der Waals surface area (Å²) in [6.45, 7) is 20.5. The fourth-order valence-corrected chi connectivity index (χ4v) is 11.6. The van der Waals surface area contributed by atoms with Crippen LogP contribution in [0.5, 0.6) is 23.0 Å². The summed E-state index contributed by atoms with van der Waals surface area (Å²) in [5.41, 5.74) is 11.8. The Morgan fingerprint density at radius 1 is 0.483 bits per heavy atom. The van der Waals surface area contributed by atoms with Gasteiger partial charge >= 0.3 is 0 Å². The minimum Gasteiger partial charge on any atom is -0.458 e. The lowest BCUT2D eigenvalue weighted by Gasteiger charge is -2.36. The maximum atomic E-state index is 7.34. The van der Waals surface area contributed by atoms with Crippen molar-refractivity contribution in [3.05, 3.63) is 132 Å². The first kappa shape index (κ1) is 35.9. The molecule has 0 aliphatic carbocycles. The van der Waals surface area contributed by atoms with Gasteiger partial charge in [0.05, 0.1) is 26.9 Å². The first-order chi connectivity index (χ1) is 28.6. The zero-order valence-corrected chi connectivity index (χ0v) is 36.6. The molecule has 0 unspecified atom stereocenters. The van der Waals surface area contributed by atoms with E-state index in [1.807, 2.05) is 11.3 Å². The molecule has 6 heteroatoms. The normalized spacial score (nSPS) is 14.0. The maximum Gasteiger partial charge on any atom is 0.261 e. The third kappa shape index (κ3) is 4.91. The molecule has 12 rings (SSSR count). The first-order valence-corrected chi connectivity index (χ1v) is 22.1. The molecule has 0 atom stereocenters. The molecule has 4 nitrogen and oxygen atoms in total. The van der Waals surface area contributed by atoms with Gasteiger partial charge in [-0.1, -0.05) is 108 Å². The zero-order chi connectivity index (χ0) is 41.2. The molecule has 2 aliphatic heterocycles. The molecule has 3 aromatic heterocycles. The SMILES string of the molecule is CC(C)(C)c1cc2c3c(c1)Oc1cc(-n4c5ccccc5c5cc6c(cc54)c4ccccc4n6C(C)(C)C)c4sc5ccccc5c4c1B3c1cc(C(C)(C)C)ccc1O2. The third-order valence-electron chi connectivity index (χ3n) is 13.2. The number of thiophene rings is 1. The summed E-state index contributed by atoms with van der Waals surface area (Å²) < 4.78 is 21.8. The highest BCUT2D eigenvalue weighted by Gasteiger charge is 2.44. The van der Waals surface area contributed by atoms with Crippen LogP contribution in [-0.2, 0) is 16.4 Å². The quantitative estimate of drug-likeness (QED) is 0.155. The Morgan fingerprint density at radius 3 is 1.77 bits per heavy atom. The first-order valence-electron chi connectivity index (χ1n) is 21.3. The van der Waals surface area contributed by atoms with E-state index in [9.17, 15) is 0 Å². The Morgan fingerprint density at radius 2 is 1.07 bits per heavy atom. The van der Waals surface area contributed by atoms with Crippen LogP contribution in [0.4, 0.5) is 0 Å². The van der Waals surface area contributed by atoms with Gasteiger partial charge in [-0.05, 0) is 102 Å². The van der Waals surface area contributed by atoms with Crippen LogP contribution in [0.25, 0.3) is 69.5 Å². The van der Waals surface area contributed by atoms with Crippen LogP contribution < -0.4 is 25.9 Å². The number of aromatic nitrogens is 2. The molecule has 0 saturated heterocycles. The third-order valence-corrected chi connectivity index (χ3v) is 14.4. The van der Waals surface area contributed by atoms with E-state index >= 15 is 0 Å². The molecular weight excluding hydrogens is 751 g/mol. The van der Waals surface area contributed by atoms with Crippen molar-refractivity contribution in [2.75, 3.05) is 0 Å². The van der Waals surface area contributed by atoms with E-state index in [1.165, 1.54) is 85.8 Å². The van der Waals surface area contributed by atoms with Crippen LogP contribution in [0, 0.1) is 0 Å². The molecular formula is C54H47BN2O2S. The summed E-state index contributed by atoms with van der Waals surface area (Å²) in [6.07, 6.45) is 0. The highest BCUT2D eigenvalue weighted by atomic mass is 32.1. The fraction of sp³-hybridized carbons (Fsp3) is 0.222. The average Bonchev–Trinajstić information content (AvgIpc) is 3.86. The summed E-state index contributed by atoms with van der Waals surface area (Å²) in [7, 11) is 0. The lowest BCUT2D eigenvalue weighted by atomic mass is 9.34. The van der Waals surface area contributed by atoms with Crippen molar-refractivity contribution >= 4 is 98.2 Å². The van der Waals surface area contributed by atoms with Crippen molar-refractivity contribution in [2.24, 2.45) is 0 Å². The Hall–Kier alpha value is -5.98. The van der Waals surface area contributed by atoms with Crippen LogP contribution in [-0.4, -0.2) is 15.8 Å². The van der Waals surface area contributed by atoms with Gasteiger partial charge in [-0.15, -0.1) is 11.3 Å². The Bertz CT molecular complexity index is 3510. The van der Waals surface area contributed by atoms with Gasteiger partial charge < -0.3 is 18.6 Å². The summed E-state index contributed by atoms with van der Waals surface area (Å²) in [6, 6.07) is 45.4. The van der Waals surface area contributed by atoms with Gasteiger partial charge in [-0.2, -0.15) is 0 Å². The van der Waals surface area contributed by atoms with Gasteiger partial charge in [-0.25, -0.2) is 0 Å². The number of ether oxygens (including phenoxy) is 2. The van der Waals surface area contributed by atoms with Crippen molar-refractivity contribution in [1.82, 2.24) is 9.13 Å². The number of benzene rings is 7. The number of rotatable bonds is 1. The number of fused-ring (bicyclic) bond motifs is 14. The summed E-state index contributed by atoms with van der Waals surface area (Å²) >= 11 is 1.89. The molecule has 10 aromatic rings. The molecule has 0 N–H and O–H groups in total. The van der Waals surface area contributed by atoms with Crippen LogP contribution >= 0.6 is 11.3 Å². The van der Waals surface area contributed by atoms with Gasteiger partial charge in [0.2, 0.25) is 0 Å². The predicted molar refractivity (Wildman–Crippen MR) is 257 cm³/mol. The van der Waals surface area contributed by atoms with E-state index in [0.29, 0.717) is 0 Å². The van der Waals surface area contributed by atoms with Gasteiger partial charge in [0.1, 0.15) is 23.0 Å². The van der Waals surface area contributed by atoms with Crippen LogP contribution in [0.15, 0.2) is 121 Å². The predicted octanol–water partition coefficient (Wildman–Crippen LogP) is 13.3. The van der Waals surface area contributed by atoms with E-state index in [1.54, 1.807) is 0 Å². The monoisotopic (exact) mass is 798 g/mol. The second-order valence-electron chi connectivity index (χ2n) is 20.1. The van der Waals surface area contributed by atoms with Crippen LogP contribution in [0.3, 0.4) is 0 Å². The molecule has 294 valence electrons. The molecule has 5 heterocycles. The maximum absolute atomic E-state index is 7.34. The summed E-state index contributed by atoms with van der Waals surface area (Å²) in [5, 5.41) is 7.55. The lowest BCUT2D eigenvalue weighted by molar-refractivity contribution is 0.423. The van der Waals surface area contributed by atoms with Gasteiger partial charge in [0.25, 0.3) is 6.71 Å². The van der Waals surface area contributed by atoms with Crippen LogP contribution in [0.1, 0.15) is 73.4 Å². The molecule has 0 fully saturated rings. The van der Waals surface area contributed by atoms with Crippen molar-refractivity contribution in [1.29, 1.82) is 0 Å². The van der Waals surface area contributed by atoms with Crippen molar-refractivity contribution in [2.45, 2.75) is 78.7 Å². The Kier molecular flexibility index (Phi) is 7.10. The lowest BCUT2D eigenvalue weighted by Crippen LogP contribution is -2.58. The fourth-order valence-electron chi connectivity index (χ4n) is 10.3. The zero-order valence-electron chi connectivity index (χ0n) is 35.7. The minimum atomic E-state index is -0.105. The number of nitrogens with zero attached hydrogens (tertiary/aromatic N) is 2. The van der Waals surface area contributed by atoms with E-state index < -0.39 is 0 Å². The van der Waals surface area contributed by atoms with Crippen molar-refractivity contribution < 1.29 is 9.47 Å². The highest BCUT2D eigenvalue weighted by Crippen LogP contribution is 2.47. The molecule has 60 heavy (non-hydrogen) atoms. The highest BCUT2D eigenvalue weighted by molar-refractivity contribution is 7.26. The molecule has 0 amide bonds. The molecule has 0 spiro atoms. The molecule has 0 radical (unpaired) electrons. The van der Waals surface area contributed by atoms with Gasteiger partial charge in [0.15, 0.2) is 0 Å². The molecule has 2 aliphatic rings. The van der Waals surface area contributed by atoms with E-state index in [-0.39, 0.29) is 23.1 Å². The number of para-hydroxylation sites is 2. The smallest absolute Gasteiger partial charge is 0.261 e. The second kappa shape index (κ2) is 11.9. The molecule has 7 aromatic carbocycles. The second-order valence-corrected chi connectivity index (χ2v) is 21.2. The van der Waals surface area contributed by atoms with Crippen LogP contribution in [0.2, 0.25) is 0 Å². The number of hydrogen-bond acceptors (Lipinski definition) is 3. The van der Waals surface area contributed by atoms with E-state index in [0.717, 1.165) is 34.1 Å². The average molecular weight is 799 g/mol. The largest absolute Gasteiger partial charge is 0.458 e. The Labute approximate surface area is 355 Å². The Balaban J connectivity index is 1.23. The van der Waals surface area contributed by atoms with Crippen molar-refractivity contribution in [3.8, 4) is 28.7 Å². The molecule has 0 saturated carbocycles. The van der Waals surface area contributed by atoms with E-state index in [4.69, 9.17) is 9.47 Å². The van der Waals surface area contributed by atoms with E-state index in [2.05, 4.69) is 193 Å². The van der Waals surface area contributed by atoms with Gasteiger partial charge in [-0.3, -0.25) is 0 Å². The standard InChI is InChI=1S/C54H47BN2O2S/c1-52(2,3)30-22-23-43-37(24-30)55-49-44(58-43)25-31(53(4,5)6)26-45(49)59-46-29-42(51-48(50(46)55)34-18-12-15-21-47(34)60-51)56-38-19-13-10-16-32(38)35-28-41-36(27-40(35)56)33-17-11-14-20-39(33)57(41)54(7,8)9/h10-29H,1-9H3. The summed E-state index contributed by atoms with van der Waals surface area (Å²) in [4.78, 5) is 0. The topological polar surface area (TPSA) is 28.3 Å². The molecule has 0 bridgehead atoms. The van der Waals surface area contributed by atoms with Gasteiger partial charge in [0, 0.05) is 59.6 Å².